The van der Waals surface area contributed by atoms with E-state index in [9.17, 15) is 14.4 Å². The summed E-state index contributed by atoms with van der Waals surface area (Å²) in [4.78, 5) is 44.5. The number of nitrogens with zero attached hydrogens (tertiary/aromatic N) is 2. The highest BCUT2D eigenvalue weighted by molar-refractivity contribution is 7.20. The van der Waals surface area contributed by atoms with Crippen molar-refractivity contribution in [2.75, 3.05) is 11.9 Å². The summed E-state index contributed by atoms with van der Waals surface area (Å²) in [6.07, 6.45) is 2.33. The minimum Gasteiger partial charge on any atom is -0.461 e. The van der Waals surface area contributed by atoms with E-state index < -0.39 is 12.0 Å². The Morgan fingerprint density at radius 2 is 1.92 bits per heavy atom. The fraction of sp³-hybridized carbons (Fsp3) is 0.259. The van der Waals surface area contributed by atoms with Gasteiger partial charge in [0.1, 0.15) is 15.7 Å². The number of halogens is 1. The van der Waals surface area contributed by atoms with Crippen LogP contribution in [0.2, 0.25) is 5.02 Å². The smallest absolute Gasteiger partial charge is 0.348 e. The predicted octanol–water partition coefficient (Wildman–Crippen LogP) is 5.72. The van der Waals surface area contributed by atoms with Crippen molar-refractivity contribution in [2.24, 2.45) is 0 Å². The SMILES string of the molecule is CCC(C(=O)Nc1cc(Cl)ccc1C)n1cnc2sc(C(=O)OCCc3ccccc3)c(C)c2c1=O. The largest absolute Gasteiger partial charge is 0.461 e. The van der Waals surface area contributed by atoms with Gasteiger partial charge >= 0.3 is 5.97 Å². The average molecular weight is 524 g/mol. The van der Waals surface area contributed by atoms with Crippen LogP contribution in [-0.4, -0.2) is 28.0 Å². The predicted molar refractivity (Wildman–Crippen MR) is 143 cm³/mol. The molecule has 186 valence electrons. The molecule has 4 rings (SSSR count). The molecule has 1 atom stereocenters. The molecule has 36 heavy (non-hydrogen) atoms. The van der Waals surface area contributed by atoms with Gasteiger partial charge in [0, 0.05) is 17.1 Å². The molecule has 0 saturated heterocycles. The van der Waals surface area contributed by atoms with E-state index in [0.717, 1.165) is 22.5 Å². The second kappa shape index (κ2) is 11.1. The quantitative estimate of drug-likeness (QED) is 0.298. The third-order valence-corrected chi connectivity index (χ3v) is 7.43. The van der Waals surface area contributed by atoms with Gasteiger partial charge in [-0.2, -0.15) is 0 Å². The van der Waals surface area contributed by atoms with Crippen molar-refractivity contribution in [1.29, 1.82) is 0 Å². The lowest BCUT2D eigenvalue weighted by Crippen LogP contribution is -2.33. The van der Waals surface area contributed by atoms with Crippen molar-refractivity contribution in [3.05, 3.63) is 91.8 Å². The highest BCUT2D eigenvalue weighted by Crippen LogP contribution is 2.28. The Morgan fingerprint density at radius 3 is 2.64 bits per heavy atom. The molecular formula is C27H26ClN3O4S. The number of hydrogen-bond donors (Lipinski definition) is 1. The average Bonchev–Trinajstić information content (AvgIpc) is 3.21. The Bertz CT molecular complexity index is 1480. The van der Waals surface area contributed by atoms with Gasteiger partial charge in [0.05, 0.1) is 18.3 Å². The summed E-state index contributed by atoms with van der Waals surface area (Å²) in [5.41, 5.74) is 2.64. The van der Waals surface area contributed by atoms with Crippen LogP contribution in [0.5, 0.6) is 0 Å². The summed E-state index contributed by atoms with van der Waals surface area (Å²) in [5, 5.41) is 3.69. The fourth-order valence-corrected chi connectivity index (χ4v) is 5.18. The van der Waals surface area contributed by atoms with Crippen molar-refractivity contribution in [2.45, 2.75) is 39.7 Å². The van der Waals surface area contributed by atoms with E-state index in [1.807, 2.05) is 50.2 Å². The Hall–Kier alpha value is -3.49. The van der Waals surface area contributed by atoms with E-state index in [2.05, 4.69) is 10.3 Å². The molecule has 2 aromatic carbocycles. The summed E-state index contributed by atoms with van der Waals surface area (Å²) in [6.45, 7) is 5.62. The molecule has 0 saturated carbocycles. The van der Waals surface area contributed by atoms with E-state index in [-0.39, 0.29) is 18.1 Å². The van der Waals surface area contributed by atoms with Crippen molar-refractivity contribution in [3.8, 4) is 0 Å². The first-order valence-corrected chi connectivity index (χ1v) is 12.8. The first-order valence-electron chi connectivity index (χ1n) is 11.6. The van der Waals surface area contributed by atoms with Gasteiger partial charge in [0.25, 0.3) is 5.56 Å². The highest BCUT2D eigenvalue weighted by atomic mass is 35.5. The molecule has 9 heteroatoms. The molecule has 0 radical (unpaired) electrons. The lowest BCUT2D eigenvalue weighted by molar-refractivity contribution is -0.119. The maximum atomic E-state index is 13.4. The van der Waals surface area contributed by atoms with Gasteiger partial charge in [-0.1, -0.05) is 54.9 Å². The van der Waals surface area contributed by atoms with Gasteiger partial charge in [0.2, 0.25) is 5.91 Å². The number of esters is 1. The number of hydrogen-bond acceptors (Lipinski definition) is 6. The standard InChI is InChI=1S/C27H26ClN3O4S/c1-4-21(24(32)30-20-14-19(28)11-10-16(20)2)31-15-29-25-22(26(31)33)17(3)23(36-25)27(34)35-13-12-18-8-6-5-7-9-18/h5-11,14-15,21H,4,12-13H2,1-3H3,(H,30,32). The van der Waals surface area contributed by atoms with Crippen LogP contribution in [0.4, 0.5) is 5.69 Å². The van der Waals surface area contributed by atoms with Crippen molar-refractivity contribution < 1.29 is 14.3 Å². The molecule has 1 amide bonds. The maximum absolute atomic E-state index is 13.4. The first kappa shape index (κ1) is 25.6. The second-order valence-corrected chi connectivity index (χ2v) is 9.87. The zero-order valence-electron chi connectivity index (χ0n) is 20.2. The second-order valence-electron chi connectivity index (χ2n) is 8.44. The minimum absolute atomic E-state index is 0.231. The molecule has 4 aromatic rings. The number of aryl methyl sites for hydroxylation is 2. The lowest BCUT2D eigenvalue weighted by atomic mass is 10.1. The molecule has 2 heterocycles. The number of aromatic nitrogens is 2. The number of amides is 1. The molecule has 2 aromatic heterocycles. The van der Waals surface area contributed by atoms with E-state index in [1.54, 1.807) is 19.1 Å². The highest BCUT2D eigenvalue weighted by Gasteiger charge is 2.25. The maximum Gasteiger partial charge on any atom is 0.348 e. The number of thiophene rings is 1. The minimum atomic E-state index is -0.784. The Kier molecular flexibility index (Phi) is 7.86. The third kappa shape index (κ3) is 5.34. The summed E-state index contributed by atoms with van der Waals surface area (Å²) >= 11 is 7.20. The van der Waals surface area contributed by atoms with Crippen LogP contribution in [0.3, 0.4) is 0 Å². The van der Waals surface area contributed by atoms with Crippen LogP contribution in [0.25, 0.3) is 10.2 Å². The van der Waals surface area contributed by atoms with Crippen molar-refractivity contribution in [3.63, 3.8) is 0 Å². The molecular weight excluding hydrogens is 498 g/mol. The third-order valence-electron chi connectivity index (χ3n) is 6.01. The van der Waals surface area contributed by atoms with Crippen LogP contribution in [0, 0.1) is 13.8 Å². The van der Waals surface area contributed by atoms with Gasteiger partial charge in [-0.15, -0.1) is 11.3 Å². The van der Waals surface area contributed by atoms with E-state index >= 15 is 0 Å². The molecule has 7 nitrogen and oxygen atoms in total. The van der Waals surface area contributed by atoms with Crippen LogP contribution in [0.15, 0.2) is 59.7 Å². The van der Waals surface area contributed by atoms with Gasteiger partial charge < -0.3 is 10.1 Å². The fourth-order valence-electron chi connectivity index (χ4n) is 3.98. The van der Waals surface area contributed by atoms with Gasteiger partial charge in [-0.25, -0.2) is 9.78 Å². The summed E-state index contributed by atoms with van der Waals surface area (Å²) in [6, 6.07) is 14.2. The molecule has 0 spiro atoms. The number of rotatable bonds is 8. The number of nitrogens with one attached hydrogen (secondary N) is 1. The molecule has 1 unspecified atom stereocenters. The summed E-state index contributed by atoms with van der Waals surface area (Å²) < 4.78 is 6.79. The van der Waals surface area contributed by atoms with Crippen LogP contribution >= 0.6 is 22.9 Å². The summed E-state index contributed by atoms with van der Waals surface area (Å²) in [7, 11) is 0. The molecule has 1 N–H and O–H groups in total. The zero-order valence-corrected chi connectivity index (χ0v) is 21.8. The van der Waals surface area contributed by atoms with E-state index in [4.69, 9.17) is 16.3 Å². The van der Waals surface area contributed by atoms with Crippen LogP contribution in [-0.2, 0) is 16.0 Å². The van der Waals surface area contributed by atoms with Gasteiger partial charge in [-0.3, -0.25) is 14.2 Å². The van der Waals surface area contributed by atoms with Crippen LogP contribution in [0.1, 0.15) is 45.7 Å². The number of fused-ring (bicyclic) bond motifs is 1. The topological polar surface area (TPSA) is 90.3 Å². The molecule has 0 fully saturated rings. The van der Waals surface area contributed by atoms with E-state index in [1.165, 1.54) is 10.9 Å². The normalized spacial score (nSPS) is 11.9. The lowest BCUT2D eigenvalue weighted by Gasteiger charge is -2.18. The zero-order chi connectivity index (χ0) is 25.8. The van der Waals surface area contributed by atoms with E-state index in [0.29, 0.717) is 44.2 Å². The van der Waals surface area contributed by atoms with Gasteiger partial charge in [0.15, 0.2) is 0 Å². The summed E-state index contributed by atoms with van der Waals surface area (Å²) in [5.74, 6) is -0.835. The molecule has 0 aliphatic heterocycles. The monoisotopic (exact) mass is 523 g/mol. The Balaban J connectivity index is 1.57. The number of benzene rings is 2. The van der Waals surface area contributed by atoms with Crippen molar-refractivity contribution >= 4 is 50.7 Å². The molecule has 0 bridgehead atoms. The molecule has 0 aliphatic carbocycles. The first-order chi connectivity index (χ1) is 17.3. The molecule has 0 aliphatic rings. The Labute approximate surface area is 217 Å². The van der Waals surface area contributed by atoms with Crippen molar-refractivity contribution in [1.82, 2.24) is 9.55 Å². The Morgan fingerprint density at radius 1 is 1.17 bits per heavy atom. The number of ether oxygens (including phenoxy) is 1. The number of carbonyl (C=O) groups excluding carboxylic acids is 2. The van der Waals surface area contributed by atoms with Gasteiger partial charge in [-0.05, 0) is 49.1 Å². The van der Waals surface area contributed by atoms with Crippen LogP contribution < -0.4 is 10.9 Å². The number of carbonyl (C=O) groups is 2. The number of anilines is 1.